The minimum absolute atomic E-state index is 0.163. The monoisotopic (exact) mass is 629 g/mol. The first-order valence-electron chi connectivity index (χ1n) is 15.9. The Kier molecular flexibility index (Phi) is 8.47. The van der Waals surface area contributed by atoms with Gasteiger partial charge in [0.25, 0.3) is 0 Å². The highest BCUT2D eigenvalue weighted by atomic mass is 35.5. The number of ether oxygens (including phenoxy) is 1. The zero-order chi connectivity index (χ0) is 30.9. The second-order valence-corrected chi connectivity index (χ2v) is 12.7. The maximum atomic E-state index is 12.8. The number of fused-ring (bicyclic) bond motifs is 2. The SMILES string of the molecule is [C-]#[N+]C[C@H]1CN(c2nc(OCC3CCN3C3CC3)nc3c2CCN(c2cccc4cccc(Cl)c24)C3)CCN1C(=O)/C=C/CF. The largest absolute Gasteiger partial charge is 0.462 e. The smallest absolute Gasteiger partial charge is 0.318 e. The minimum Gasteiger partial charge on any atom is -0.462 e. The summed E-state index contributed by atoms with van der Waals surface area (Å²) in [6.07, 6.45) is 6.88. The van der Waals surface area contributed by atoms with E-state index in [1.54, 1.807) is 4.90 Å². The summed E-state index contributed by atoms with van der Waals surface area (Å²) in [5.74, 6) is 0.555. The van der Waals surface area contributed by atoms with Gasteiger partial charge in [-0.25, -0.2) is 11.0 Å². The van der Waals surface area contributed by atoms with E-state index in [9.17, 15) is 9.18 Å². The van der Waals surface area contributed by atoms with Crippen LogP contribution in [0.2, 0.25) is 5.02 Å². The number of alkyl halides is 1. The lowest BCUT2D eigenvalue weighted by Gasteiger charge is -2.41. The van der Waals surface area contributed by atoms with Gasteiger partial charge in [-0.05, 0) is 49.3 Å². The number of amides is 1. The number of hydrogen-bond acceptors (Lipinski definition) is 7. The van der Waals surface area contributed by atoms with E-state index >= 15 is 0 Å². The average Bonchev–Trinajstić information content (AvgIpc) is 3.87. The molecule has 2 atom stereocenters. The van der Waals surface area contributed by atoms with Gasteiger partial charge in [0.2, 0.25) is 12.5 Å². The van der Waals surface area contributed by atoms with Crippen LogP contribution in [0.1, 0.15) is 30.5 Å². The van der Waals surface area contributed by atoms with E-state index in [4.69, 9.17) is 32.9 Å². The number of carbonyl (C=O) groups excluding carboxylic acids is 1. The number of piperazine rings is 1. The van der Waals surface area contributed by atoms with Crippen molar-refractivity contribution in [1.29, 1.82) is 0 Å². The third-order valence-electron chi connectivity index (χ3n) is 9.52. The third kappa shape index (κ3) is 6.03. The molecule has 0 radical (unpaired) electrons. The van der Waals surface area contributed by atoms with E-state index in [2.05, 4.69) is 43.8 Å². The fourth-order valence-electron chi connectivity index (χ4n) is 7.00. The molecule has 1 aromatic heterocycles. The molecule has 4 aliphatic rings. The number of aromatic nitrogens is 2. The maximum absolute atomic E-state index is 12.8. The van der Waals surface area contributed by atoms with Crippen molar-refractivity contribution in [2.45, 2.75) is 50.4 Å². The molecule has 0 N–H and O–H groups in total. The van der Waals surface area contributed by atoms with Crippen molar-refractivity contribution in [2.24, 2.45) is 0 Å². The van der Waals surface area contributed by atoms with Gasteiger partial charge in [-0.1, -0.05) is 35.9 Å². The normalized spacial score (nSPS) is 21.9. The molecule has 11 heteroatoms. The summed E-state index contributed by atoms with van der Waals surface area (Å²) in [6.45, 7) is 11.5. The van der Waals surface area contributed by atoms with Gasteiger partial charge in [0.05, 0.1) is 17.3 Å². The summed E-state index contributed by atoms with van der Waals surface area (Å²) >= 11 is 6.71. The second-order valence-electron chi connectivity index (χ2n) is 12.3. The Bertz CT molecular complexity index is 1650. The van der Waals surface area contributed by atoms with E-state index in [-0.39, 0.29) is 18.5 Å². The summed E-state index contributed by atoms with van der Waals surface area (Å²) in [4.78, 5) is 35.1. The fraction of sp³-hybridized carbons (Fsp3) is 0.471. The van der Waals surface area contributed by atoms with Crippen molar-refractivity contribution < 1.29 is 13.9 Å². The topological polar surface area (TPSA) is 69.4 Å². The quantitative estimate of drug-likeness (QED) is 0.246. The average molecular weight is 630 g/mol. The molecule has 7 rings (SSSR count). The van der Waals surface area contributed by atoms with E-state index < -0.39 is 6.67 Å². The van der Waals surface area contributed by atoms with Gasteiger partial charge in [0.1, 0.15) is 25.1 Å². The lowest BCUT2D eigenvalue weighted by atomic mass is 10.0. The number of halogens is 2. The molecule has 1 unspecified atom stereocenters. The van der Waals surface area contributed by atoms with Crippen LogP contribution >= 0.6 is 11.6 Å². The number of likely N-dealkylation sites (tertiary alicyclic amines) is 1. The highest BCUT2D eigenvalue weighted by Crippen LogP contribution is 2.38. The molecular formula is C34H37ClFN7O2. The molecule has 2 aromatic carbocycles. The van der Waals surface area contributed by atoms with E-state index in [0.29, 0.717) is 50.9 Å². The summed E-state index contributed by atoms with van der Waals surface area (Å²) in [7, 11) is 0. The van der Waals surface area contributed by atoms with Crippen LogP contribution in [0.4, 0.5) is 15.9 Å². The molecule has 2 saturated heterocycles. The van der Waals surface area contributed by atoms with Crippen molar-refractivity contribution in [3.63, 3.8) is 0 Å². The van der Waals surface area contributed by atoms with Crippen molar-refractivity contribution in [2.75, 3.05) is 62.3 Å². The van der Waals surface area contributed by atoms with Crippen molar-refractivity contribution in [3.8, 4) is 6.01 Å². The number of benzene rings is 2. The molecular weight excluding hydrogens is 593 g/mol. The number of allylic oxidation sites excluding steroid dienone is 1. The van der Waals surface area contributed by atoms with E-state index in [1.165, 1.54) is 25.0 Å². The molecule has 1 aliphatic carbocycles. The summed E-state index contributed by atoms with van der Waals surface area (Å²) in [5.41, 5.74) is 3.07. The third-order valence-corrected chi connectivity index (χ3v) is 9.84. The van der Waals surface area contributed by atoms with Crippen LogP contribution in [0.25, 0.3) is 15.6 Å². The van der Waals surface area contributed by atoms with Gasteiger partial charge in [-0.15, -0.1) is 0 Å². The molecule has 3 fully saturated rings. The second kappa shape index (κ2) is 12.8. The Morgan fingerprint density at radius 1 is 1.07 bits per heavy atom. The van der Waals surface area contributed by atoms with Crippen LogP contribution < -0.4 is 14.5 Å². The Morgan fingerprint density at radius 2 is 1.91 bits per heavy atom. The summed E-state index contributed by atoms with van der Waals surface area (Å²) in [5, 5.41) is 2.85. The van der Waals surface area contributed by atoms with Crippen molar-refractivity contribution in [3.05, 3.63) is 76.2 Å². The molecule has 0 bridgehead atoms. The van der Waals surface area contributed by atoms with Gasteiger partial charge in [-0.3, -0.25) is 9.69 Å². The van der Waals surface area contributed by atoms with Crippen molar-refractivity contribution in [1.82, 2.24) is 19.8 Å². The standard InChI is InChI=1S/C34H37ClFN7O2/c1-37-19-26-20-41(17-18-43(26)31(44)9-4-14-36)33-27-13-15-40(30-8-3-6-23-5-2-7-28(35)32(23)30)21-29(27)38-34(39-33)45-22-25-12-16-42(25)24-10-11-24/h2-9,24-26H,10-22H2/b9-4+/t25?,26-/m0/s1. The zero-order valence-electron chi connectivity index (χ0n) is 25.2. The molecule has 3 aromatic rings. The molecule has 9 nitrogen and oxygen atoms in total. The molecule has 1 saturated carbocycles. The number of anilines is 2. The number of hydrogen-bond donors (Lipinski definition) is 0. The highest BCUT2D eigenvalue weighted by Gasteiger charge is 2.40. The Morgan fingerprint density at radius 3 is 2.67 bits per heavy atom. The van der Waals surface area contributed by atoms with Gasteiger partial charge in [0.15, 0.2) is 0 Å². The molecule has 1 amide bonds. The first-order valence-corrected chi connectivity index (χ1v) is 16.2. The van der Waals surface area contributed by atoms with E-state index in [0.717, 1.165) is 64.5 Å². The van der Waals surface area contributed by atoms with Crippen LogP contribution in [0, 0.1) is 6.57 Å². The summed E-state index contributed by atoms with van der Waals surface area (Å²) < 4.78 is 19.1. The highest BCUT2D eigenvalue weighted by molar-refractivity contribution is 6.36. The lowest BCUT2D eigenvalue weighted by molar-refractivity contribution is -0.128. The zero-order valence-corrected chi connectivity index (χ0v) is 26.0. The molecule has 0 spiro atoms. The van der Waals surface area contributed by atoms with Gasteiger partial charge in [0, 0.05) is 67.5 Å². The van der Waals surface area contributed by atoms with Crippen molar-refractivity contribution >= 4 is 39.8 Å². The van der Waals surface area contributed by atoms with E-state index in [1.807, 2.05) is 12.1 Å². The Labute approximate surface area is 268 Å². The van der Waals surface area contributed by atoms with Crippen LogP contribution in [0.5, 0.6) is 6.01 Å². The molecule has 234 valence electrons. The summed E-state index contributed by atoms with van der Waals surface area (Å²) in [6, 6.07) is 13.4. The van der Waals surface area contributed by atoms with Gasteiger partial charge in [-0.2, -0.15) is 9.97 Å². The van der Waals surface area contributed by atoms with Crippen LogP contribution in [0.3, 0.4) is 0 Å². The number of rotatable bonds is 9. The van der Waals surface area contributed by atoms with Gasteiger partial charge >= 0.3 is 6.01 Å². The predicted octanol–water partition coefficient (Wildman–Crippen LogP) is 4.92. The maximum Gasteiger partial charge on any atom is 0.318 e. The minimum atomic E-state index is -0.698. The molecule has 4 heterocycles. The van der Waals surface area contributed by atoms with Crippen LogP contribution in [-0.4, -0.2) is 96.4 Å². The first-order chi connectivity index (χ1) is 22.0. The number of nitrogens with zero attached hydrogens (tertiary/aromatic N) is 7. The van der Waals surface area contributed by atoms with Crippen LogP contribution in [0.15, 0.2) is 48.6 Å². The Balaban J connectivity index is 1.19. The lowest BCUT2D eigenvalue weighted by Crippen LogP contribution is -2.56. The van der Waals surface area contributed by atoms with Crippen LogP contribution in [-0.2, 0) is 17.8 Å². The first kappa shape index (κ1) is 29.8. The fourth-order valence-corrected chi connectivity index (χ4v) is 7.28. The number of carbonyl (C=O) groups is 1. The molecule has 45 heavy (non-hydrogen) atoms. The Hall–Kier alpha value is -3.94. The van der Waals surface area contributed by atoms with Gasteiger partial charge < -0.3 is 24.3 Å². The molecule has 3 aliphatic heterocycles. The predicted molar refractivity (Wildman–Crippen MR) is 174 cm³/mol.